The minimum atomic E-state index is 0. The minimum Gasteiger partial charge on any atom is -1.00 e. The van der Waals surface area contributed by atoms with Gasteiger partial charge in [0.25, 0.3) is 0 Å². The summed E-state index contributed by atoms with van der Waals surface area (Å²) in [5.74, 6) is 0. The monoisotopic (exact) mass is 238 g/mol. The molecule has 0 saturated carbocycles. The summed E-state index contributed by atoms with van der Waals surface area (Å²) in [5, 5.41) is 0. The van der Waals surface area contributed by atoms with Gasteiger partial charge in [0, 0.05) is 0 Å². The lowest BCUT2D eigenvalue weighted by Crippen LogP contribution is -3.00. The van der Waals surface area contributed by atoms with E-state index in [9.17, 15) is 0 Å². The van der Waals surface area contributed by atoms with E-state index in [1.807, 2.05) is 48.5 Å². The molecule has 0 amide bonds. The molecule has 68 valence electrons. The molecule has 1 aromatic carbocycles. The van der Waals surface area contributed by atoms with Crippen molar-refractivity contribution in [2.75, 3.05) is 0 Å². The van der Waals surface area contributed by atoms with Crippen LogP contribution in [-0.4, -0.2) is 4.57 Å². The second-order valence-electron chi connectivity index (χ2n) is 2.82. The van der Waals surface area contributed by atoms with Gasteiger partial charge in [-0.05, 0) is 12.1 Å². The molecule has 2 aromatic rings. The van der Waals surface area contributed by atoms with E-state index in [-0.39, 0.29) is 17.0 Å². The molecule has 3 heteroatoms. The summed E-state index contributed by atoms with van der Waals surface area (Å²) in [6.07, 6.45) is 6.09. The molecule has 0 saturated heterocycles. The smallest absolute Gasteiger partial charge is 0.248 e. The zero-order chi connectivity index (χ0) is 8.39. The van der Waals surface area contributed by atoms with Gasteiger partial charge in [0.15, 0.2) is 0 Å². The number of aryl methyl sites for hydroxylation is 1. The average Bonchev–Trinajstić information content (AvgIpc) is 2.54. The minimum absolute atomic E-state index is 0. The van der Waals surface area contributed by atoms with Gasteiger partial charge < -0.3 is 17.0 Å². The summed E-state index contributed by atoms with van der Waals surface area (Å²) in [7, 11) is 2.01. The van der Waals surface area contributed by atoms with Crippen LogP contribution >= 0.6 is 0 Å². The summed E-state index contributed by atoms with van der Waals surface area (Å²) in [6, 6.07) is 10.3. The predicted molar refractivity (Wildman–Crippen MR) is 46.9 cm³/mol. The Hall–Kier alpha value is -1.09. The molecule has 0 aliphatic heterocycles. The molecule has 0 spiro atoms. The van der Waals surface area contributed by atoms with Crippen molar-refractivity contribution in [2.24, 2.45) is 7.05 Å². The number of para-hydroxylation sites is 1. The molecule has 0 fully saturated rings. The van der Waals surface area contributed by atoms with Crippen molar-refractivity contribution in [3.63, 3.8) is 0 Å². The first-order valence-corrected chi connectivity index (χ1v) is 3.95. The Morgan fingerprint density at radius 1 is 1.15 bits per heavy atom. The fraction of sp³-hybridized carbons (Fsp3) is 0.100. The molecule has 0 radical (unpaired) electrons. The van der Waals surface area contributed by atoms with E-state index < -0.39 is 0 Å². The molecular weight excluding hydrogens is 228 g/mol. The fourth-order valence-corrected chi connectivity index (χ4v) is 1.20. The first kappa shape index (κ1) is 9.99. The third-order valence-electron chi connectivity index (χ3n) is 1.82. The van der Waals surface area contributed by atoms with E-state index in [2.05, 4.69) is 16.7 Å². The van der Waals surface area contributed by atoms with Crippen molar-refractivity contribution >= 4 is 0 Å². The standard InChI is InChI=1S/C10H11N2.BrH/c1-11-7-8-12(9-11)10-5-3-2-4-6-10;/h2-9H,1H3;1H/q+1;/p-1. The second-order valence-corrected chi connectivity index (χ2v) is 2.82. The van der Waals surface area contributed by atoms with E-state index in [1.54, 1.807) is 0 Å². The lowest BCUT2D eigenvalue weighted by molar-refractivity contribution is -0.670. The van der Waals surface area contributed by atoms with Gasteiger partial charge in [-0.2, -0.15) is 0 Å². The highest BCUT2D eigenvalue weighted by molar-refractivity contribution is 5.30. The molecule has 1 heterocycles. The van der Waals surface area contributed by atoms with Crippen molar-refractivity contribution < 1.29 is 21.5 Å². The zero-order valence-corrected chi connectivity index (χ0v) is 8.98. The van der Waals surface area contributed by atoms with Crippen LogP contribution in [0.1, 0.15) is 0 Å². The molecular formula is C10H11BrN2. The number of nitrogens with zero attached hydrogens (tertiary/aromatic N) is 2. The Balaban J connectivity index is 0.000000845. The van der Waals surface area contributed by atoms with E-state index in [0.717, 1.165) is 0 Å². The summed E-state index contributed by atoms with van der Waals surface area (Å²) >= 11 is 0. The first-order valence-electron chi connectivity index (χ1n) is 3.95. The van der Waals surface area contributed by atoms with Crippen molar-refractivity contribution in [3.05, 3.63) is 49.1 Å². The van der Waals surface area contributed by atoms with E-state index in [4.69, 9.17) is 0 Å². The van der Waals surface area contributed by atoms with Crippen LogP contribution in [0.2, 0.25) is 0 Å². The van der Waals surface area contributed by atoms with E-state index >= 15 is 0 Å². The van der Waals surface area contributed by atoms with Gasteiger partial charge in [-0.15, -0.1) is 0 Å². The maximum Gasteiger partial charge on any atom is 0.248 e. The molecule has 0 atom stereocenters. The second kappa shape index (κ2) is 4.23. The molecule has 2 nitrogen and oxygen atoms in total. The van der Waals surface area contributed by atoms with Crippen molar-refractivity contribution in [2.45, 2.75) is 0 Å². The largest absolute Gasteiger partial charge is 1.00 e. The summed E-state index contributed by atoms with van der Waals surface area (Å²) < 4.78 is 4.10. The Morgan fingerprint density at radius 2 is 1.85 bits per heavy atom. The maximum atomic E-state index is 2.08. The van der Waals surface area contributed by atoms with Gasteiger partial charge in [0.05, 0.1) is 7.05 Å². The van der Waals surface area contributed by atoms with Gasteiger partial charge in [0.2, 0.25) is 6.33 Å². The van der Waals surface area contributed by atoms with Gasteiger partial charge in [0.1, 0.15) is 18.1 Å². The van der Waals surface area contributed by atoms with Crippen LogP contribution in [0.15, 0.2) is 49.1 Å². The summed E-state index contributed by atoms with van der Waals surface area (Å²) in [6.45, 7) is 0. The van der Waals surface area contributed by atoms with Crippen LogP contribution in [0.4, 0.5) is 0 Å². The Morgan fingerprint density at radius 3 is 2.38 bits per heavy atom. The Labute approximate surface area is 88.2 Å². The van der Waals surface area contributed by atoms with Crippen molar-refractivity contribution in [3.8, 4) is 5.69 Å². The molecule has 0 aliphatic rings. The first-order chi connectivity index (χ1) is 5.86. The number of benzene rings is 1. The Bertz CT molecular complexity index is 367. The van der Waals surface area contributed by atoms with Crippen LogP contribution in [0.25, 0.3) is 5.69 Å². The number of hydrogen-bond acceptors (Lipinski definition) is 0. The van der Waals surface area contributed by atoms with Gasteiger partial charge in [-0.25, -0.2) is 9.13 Å². The zero-order valence-electron chi connectivity index (χ0n) is 7.39. The number of halogens is 1. The summed E-state index contributed by atoms with van der Waals surface area (Å²) in [4.78, 5) is 0. The van der Waals surface area contributed by atoms with Gasteiger partial charge in [-0.1, -0.05) is 18.2 Å². The maximum absolute atomic E-state index is 2.08. The highest BCUT2D eigenvalue weighted by Crippen LogP contribution is 2.03. The molecule has 0 unspecified atom stereocenters. The lowest BCUT2D eigenvalue weighted by Gasteiger charge is -1.91. The molecule has 0 N–H and O–H groups in total. The Kier molecular flexibility index (Phi) is 3.25. The van der Waals surface area contributed by atoms with Crippen LogP contribution in [0.5, 0.6) is 0 Å². The van der Waals surface area contributed by atoms with Crippen LogP contribution in [-0.2, 0) is 7.05 Å². The third-order valence-corrected chi connectivity index (χ3v) is 1.82. The molecule has 1 aromatic heterocycles. The van der Waals surface area contributed by atoms with Gasteiger partial charge >= 0.3 is 0 Å². The number of rotatable bonds is 1. The fourth-order valence-electron chi connectivity index (χ4n) is 1.20. The molecule has 13 heavy (non-hydrogen) atoms. The number of hydrogen-bond donors (Lipinski definition) is 0. The third kappa shape index (κ3) is 2.18. The highest BCUT2D eigenvalue weighted by Gasteiger charge is 2.00. The normalized spacial score (nSPS) is 9.31. The van der Waals surface area contributed by atoms with Gasteiger partial charge in [-0.3, -0.25) is 0 Å². The summed E-state index contributed by atoms with van der Waals surface area (Å²) in [5.41, 5.74) is 1.19. The van der Waals surface area contributed by atoms with Crippen molar-refractivity contribution in [1.82, 2.24) is 4.57 Å². The topological polar surface area (TPSA) is 8.81 Å². The van der Waals surface area contributed by atoms with Crippen molar-refractivity contribution in [1.29, 1.82) is 0 Å². The quantitative estimate of drug-likeness (QED) is 0.525. The number of imidazole rings is 1. The average molecular weight is 239 g/mol. The SMILES string of the molecule is C[n+]1ccn(-c2ccccc2)c1.[Br-]. The lowest BCUT2D eigenvalue weighted by atomic mass is 10.3. The predicted octanol–water partition coefficient (Wildman–Crippen LogP) is -1.69. The van der Waals surface area contributed by atoms with Crippen LogP contribution in [0, 0.1) is 0 Å². The van der Waals surface area contributed by atoms with E-state index in [1.165, 1.54) is 5.69 Å². The van der Waals surface area contributed by atoms with Crippen LogP contribution < -0.4 is 21.5 Å². The molecule has 0 aliphatic carbocycles. The molecule has 2 rings (SSSR count). The number of aromatic nitrogens is 2. The van der Waals surface area contributed by atoms with E-state index in [0.29, 0.717) is 0 Å². The highest BCUT2D eigenvalue weighted by atomic mass is 79.9. The molecule has 0 bridgehead atoms. The van der Waals surface area contributed by atoms with Crippen LogP contribution in [0.3, 0.4) is 0 Å².